The topological polar surface area (TPSA) is 77.8 Å². The van der Waals surface area contributed by atoms with E-state index in [1.165, 1.54) is 4.90 Å². The second-order valence-electron chi connectivity index (χ2n) is 3.01. The Bertz CT molecular complexity index is 208. The van der Waals surface area contributed by atoms with Crippen molar-refractivity contribution in [1.29, 1.82) is 0 Å². The molecule has 0 heterocycles. The highest BCUT2D eigenvalue weighted by atomic mass is 32.2. The third kappa shape index (κ3) is 6.73. The van der Waals surface area contributed by atoms with Crippen molar-refractivity contribution in [3.05, 3.63) is 0 Å². The molecule has 0 saturated carbocycles. The predicted octanol–water partition coefficient (Wildman–Crippen LogP) is -0.357. The molecule has 0 rings (SSSR count). The molecule has 0 aliphatic carbocycles. The van der Waals surface area contributed by atoms with Gasteiger partial charge >= 0.3 is 5.97 Å². The summed E-state index contributed by atoms with van der Waals surface area (Å²) in [5.41, 5.74) is 0. The van der Waals surface area contributed by atoms with Gasteiger partial charge in [0.05, 0.1) is 17.6 Å². The van der Waals surface area contributed by atoms with Crippen LogP contribution in [-0.2, 0) is 9.59 Å². The minimum Gasteiger partial charge on any atom is -0.481 e. The molecule has 0 aromatic carbocycles. The van der Waals surface area contributed by atoms with Gasteiger partial charge in [-0.2, -0.15) is 0 Å². The van der Waals surface area contributed by atoms with Crippen molar-refractivity contribution in [3.63, 3.8) is 0 Å². The Kier molecular flexibility index (Phi) is 6.31. The fraction of sp³-hybridized carbons (Fsp3) is 0.750. The molecule has 5 nitrogen and oxygen atoms in total. The van der Waals surface area contributed by atoms with Gasteiger partial charge in [-0.15, -0.1) is 11.8 Å². The molecule has 1 atom stereocenters. The third-order valence-corrected chi connectivity index (χ3v) is 2.32. The minimum atomic E-state index is -0.930. The number of hydrogen-bond donors (Lipinski definition) is 2. The van der Waals surface area contributed by atoms with Gasteiger partial charge in [0.25, 0.3) is 0 Å². The molecule has 0 radical (unpaired) electrons. The first-order chi connectivity index (χ1) is 6.43. The van der Waals surface area contributed by atoms with Crippen molar-refractivity contribution in [2.45, 2.75) is 13.0 Å². The first-order valence-electron chi connectivity index (χ1n) is 4.15. The Morgan fingerprint density at radius 1 is 1.43 bits per heavy atom. The quantitative estimate of drug-likeness (QED) is 0.640. The molecule has 14 heavy (non-hydrogen) atoms. The van der Waals surface area contributed by atoms with Crippen LogP contribution in [0.4, 0.5) is 0 Å². The zero-order valence-electron chi connectivity index (χ0n) is 8.27. The van der Waals surface area contributed by atoms with E-state index in [0.717, 1.165) is 11.8 Å². The number of carbonyl (C=O) groups is 2. The fourth-order valence-electron chi connectivity index (χ4n) is 0.834. The van der Waals surface area contributed by atoms with E-state index in [9.17, 15) is 9.59 Å². The summed E-state index contributed by atoms with van der Waals surface area (Å²) in [4.78, 5) is 22.8. The molecule has 0 bridgehead atoms. The van der Waals surface area contributed by atoms with E-state index in [4.69, 9.17) is 10.2 Å². The fourth-order valence-corrected chi connectivity index (χ4v) is 1.51. The third-order valence-electron chi connectivity index (χ3n) is 1.41. The average molecular weight is 221 g/mol. The van der Waals surface area contributed by atoms with Gasteiger partial charge in [-0.1, -0.05) is 0 Å². The molecule has 2 N–H and O–H groups in total. The van der Waals surface area contributed by atoms with Gasteiger partial charge in [0, 0.05) is 13.6 Å². The lowest BCUT2D eigenvalue weighted by molar-refractivity contribution is -0.133. The van der Waals surface area contributed by atoms with Gasteiger partial charge in [0.1, 0.15) is 0 Å². The number of carboxylic acids is 1. The van der Waals surface area contributed by atoms with Crippen LogP contribution in [0, 0.1) is 0 Å². The molecule has 1 unspecified atom stereocenters. The predicted molar refractivity (Wildman–Crippen MR) is 54.3 cm³/mol. The monoisotopic (exact) mass is 221 g/mol. The molecule has 1 amide bonds. The van der Waals surface area contributed by atoms with Gasteiger partial charge in [0.15, 0.2) is 0 Å². The van der Waals surface area contributed by atoms with E-state index in [2.05, 4.69) is 0 Å². The highest BCUT2D eigenvalue weighted by molar-refractivity contribution is 8.00. The summed E-state index contributed by atoms with van der Waals surface area (Å²) in [6, 6.07) is 0. The van der Waals surface area contributed by atoms with Crippen molar-refractivity contribution >= 4 is 23.6 Å². The molecular formula is C8H15NO4S. The van der Waals surface area contributed by atoms with Crippen LogP contribution in [0.2, 0.25) is 0 Å². The lowest BCUT2D eigenvalue weighted by Crippen LogP contribution is -2.34. The number of carboxylic acid groups (broad SMARTS) is 1. The summed E-state index contributed by atoms with van der Waals surface area (Å²) in [7, 11) is 1.58. The Hall–Kier alpha value is -0.750. The summed E-state index contributed by atoms with van der Waals surface area (Å²) in [5.74, 6) is -1.04. The second-order valence-corrected chi connectivity index (χ2v) is 4.00. The van der Waals surface area contributed by atoms with Gasteiger partial charge in [0.2, 0.25) is 5.91 Å². The summed E-state index contributed by atoms with van der Waals surface area (Å²) in [5, 5.41) is 17.3. The van der Waals surface area contributed by atoms with E-state index >= 15 is 0 Å². The Morgan fingerprint density at radius 2 is 2.00 bits per heavy atom. The van der Waals surface area contributed by atoms with Gasteiger partial charge < -0.3 is 15.1 Å². The maximum atomic E-state index is 11.3. The van der Waals surface area contributed by atoms with Crippen LogP contribution in [0.25, 0.3) is 0 Å². The van der Waals surface area contributed by atoms with Crippen LogP contribution in [0.1, 0.15) is 6.92 Å². The number of amides is 1. The highest BCUT2D eigenvalue weighted by Crippen LogP contribution is 2.01. The maximum Gasteiger partial charge on any atom is 0.313 e. The van der Waals surface area contributed by atoms with Crippen molar-refractivity contribution in [3.8, 4) is 0 Å². The van der Waals surface area contributed by atoms with Crippen LogP contribution >= 0.6 is 11.8 Å². The molecule has 0 fully saturated rings. The van der Waals surface area contributed by atoms with Crippen molar-refractivity contribution < 1.29 is 19.8 Å². The number of nitrogens with zero attached hydrogens (tertiary/aromatic N) is 1. The van der Waals surface area contributed by atoms with Gasteiger partial charge in [-0.25, -0.2) is 0 Å². The Labute approximate surface area is 87.1 Å². The van der Waals surface area contributed by atoms with Crippen LogP contribution in [0.3, 0.4) is 0 Å². The van der Waals surface area contributed by atoms with E-state index in [1.807, 2.05) is 0 Å². The molecule has 0 spiro atoms. The second kappa shape index (κ2) is 6.67. The number of hydrogen-bond acceptors (Lipinski definition) is 4. The first-order valence-corrected chi connectivity index (χ1v) is 5.30. The number of aliphatic carboxylic acids is 1. The van der Waals surface area contributed by atoms with E-state index in [1.54, 1.807) is 14.0 Å². The normalized spacial score (nSPS) is 12.2. The van der Waals surface area contributed by atoms with E-state index in [-0.39, 0.29) is 24.0 Å². The lowest BCUT2D eigenvalue weighted by atomic mass is 10.4. The van der Waals surface area contributed by atoms with Crippen molar-refractivity contribution in [2.75, 3.05) is 25.1 Å². The molecule has 0 aliphatic rings. The zero-order chi connectivity index (χ0) is 11.1. The maximum absolute atomic E-state index is 11.3. The largest absolute Gasteiger partial charge is 0.481 e. The summed E-state index contributed by atoms with van der Waals surface area (Å²) in [6.07, 6.45) is -0.562. The number of rotatable bonds is 6. The molecule has 82 valence electrons. The van der Waals surface area contributed by atoms with Crippen molar-refractivity contribution in [1.82, 2.24) is 4.90 Å². The molecule has 0 saturated heterocycles. The molecule has 0 aromatic heterocycles. The molecule has 6 heteroatoms. The highest BCUT2D eigenvalue weighted by Gasteiger charge is 2.11. The average Bonchev–Trinajstić information content (AvgIpc) is 2.01. The molecular weight excluding hydrogens is 206 g/mol. The number of carbonyl (C=O) groups excluding carboxylic acids is 1. The summed E-state index contributed by atoms with van der Waals surface area (Å²) < 4.78 is 0. The molecule has 0 aliphatic heterocycles. The number of likely N-dealkylation sites (N-methyl/N-ethyl adjacent to an activating group) is 1. The number of aliphatic hydroxyl groups is 1. The molecule has 0 aromatic rings. The van der Waals surface area contributed by atoms with Crippen LogP contribution in [0.15, 0.2) is 0 Å². The Balaban J connectivity index is 3.67. The number of thioether (sulfide) groups is 1. The first kappa shape index (κ1) is 13.2. The Morgan fingerprint density at radius 3 is 2.43 bits per heavy atom. The smallest absolute Gasteiger partial charge is 0.313 e. The van der Waals surface area contributed by atoms with E-state index in [0.29, 0.717) is 0 Å². The van der Waals surface area contributed by atoms with E-state index < -0.39 is 12.1 Å². The number of aliphatic hydroxyl groups excluding tert-OH is 1. The van der Waals surface area contributed by atoms with Gasteiger partial charge in [-0.3, -0.25) is 9.59 Å². The summed E-state index contributed by atoms with van der Waals surface area (Å²) in [6.45, 7) is 1.86. The zero-order valence-corrected chi connectivity index (χ0v) is 9.08. The van der Waals surface area contributed by atoms with Crippen LogP contribution < -0.4 is 0 Å². The standard InChI is InChI=1S/C8H15NO4S/c1-6(10)3-9(2)7(11)4-14-5-8(12)13/h6,10H,3-5H2,1-2H3,(H,12,13). The van der Waals surface area contributed by atoms with Crippen molar-refractivity contribution in [2.24, 2.45) is 0 Å². The SMILES string of the molecule is CC(O)CN(C)C(=O)CSCC(=O)O. The van der Waals surface area contributed by atoms with Crippen LogP contribution in [-0.4, -0.2) is 58.2 Å². The van der Waals surface area contributed by atoms with Crippen LogP contribution in [0.5, 0.6) is 0 Å². The minimum absolute atomic E-state index is 0.0751. The summed E-state index contributed by atoms with van der Waals surface area (Å²) >= 11 is 1.05. The van der Waals surface area contributed by atoms with Gasteiger partial charge in [-0.05, 0) is 6.92 Å². The lowest BCUT2D eigenvalue weighted by Gasteiger charge is -2.18.